The highest BCUT2D eigenvalue weighted by Gasteiger charge is 2.63. The van der Waals surface area contributed by atoms with Gasteiger partial charge in [0.2, 0.25) is 27.4 Å². The number of carbonyl (C=O) groups excluding carboxylic acids is 4. The summed E-state index contributed by atoms with van der Waals surface area (Å²) in [4.78, 5) is 68.9. The van der Waals surface area contributed by atoms with Crippen molar-refractivity contribution >= 4 is 45.2 Å². The van der Waals surface area contributed by atoms with Gasteiger partial charge in [0.25, 0.3) is 5.91 Å². The molecule has 5 aliphatic rings. The number of hydrogen-bond donors (Lipinski definition) is 3. The molecule has 2 aliphatic carbocycles. The van der Waals surface area contributed by atoms with Crippen LogP contribution in [0.1, 0.15) is 92.4 Å². The number of ether oxygens (including phenoxy) is 4. The minimum absolute atomic E-state index is 0.0146. The van der Waals surface area contributed by atoms with Crippen LogP contribution < -0.4 is 24.8 Å². The van der Waals surface area contributed by atoms with Crippen molar-refractivity contribution in [2.75, 3.05) is 19.8 Å². The topological polar surface area (TPSA) is 204 Å². The largest absolute Gasteiger partial charge is 0.491 e. The zero-order valence-corrected chi connectivity index (χ0v) is 40.8. The Labute approximate surface area is 403 Å². The smallest absolute Gasteiger partial charge is 0.430 e. The molecule has 2 saturated carbocycles. The molecule has 2 aromatic heterocycles. The number of sulfonamides is 1. The second-order valence-electron chi connectivity index (χ2n) is 19.8. The molecule has 3 aromatic rings. The molecule has 8 rings (SSSR count). The molecule has 16 nitrogen and oxygen atoms in total. The molecule has 5 heterocycles. The standard InChI is InChI=1S/C48H59F3N6O10S2/c1-28(2)65-33-13-11-31(12-14-33)36-20-34(21-37(53-36)39-24-52-27-68-39)66-35-22-38-41(58)55-47(43(60)56-69(62,63)45(5)16-17-45)23-32(47)10-7-6-9-29(3)19-30(4)40(42(59)57(38)25-35)54-44(61)67-46(48(49,50)51)15-8-18-64-26-46/h7,10-14,20-21,24,27-30,32,35,38,40H,6,8-9,15-19,22-23,25-26H2,1-5H3,(H,54,61)(H,55,58)(H,56,60)/b10-7-/t29-,30+,32?,35+,38-,40-,46?,47+/m0/s1. The fourth-order valence-electron chi connectivity index (χ4n) is 9.42. The molecular formula is C48H59F3N6O10S2. The summed E-state index contributed by atoms with van der Waals surface area (Å²) < 4.78 is 94.3. The highest BCUT2D eigenvalue weighted by molar-refractivity contribution is 7.91. The lowest BCUT2D eigenvalue weighted by Crippen LogP contribution is -2.60. The monoisotopic (exact) mass is 1000 g/mol. The number of nitrogens with one attached hydrogen (secondary N) is 3. The van der Waals surface area contributed by atoms with E-state index in [1.807, 2.05) is 51.1 Å². The van der Waals surface area contributed by atoms with Gasteiger partial charge in [0, 0.05) is 49.3 Å². The average Bonchev–Trinajstić information content (AvgIpc) is 4.04. The molecule has 2 saturated heterocycles. The summed E-state index contributed by atoms with van der Waals surface area (Å²) in [7, 11) is -4.11. The molecular weight excluding hydrogens is 942 g/mol. The molecule has 69 heavy (non-hydrogen) atoms. The van der Waals surface area contributed by atoms with Gasteiger partial charge >= 0.3 is 12.3 Å². The molecule has 0 radical (unpaired) electrons. The van der Waals surface area contributed by atoms with E-state index in [4.69, 9.17) is 23.9 Å². The number of carbonyl (C=O) groups is 4. The van der Waals surface area contributed by atoms with Gasteiger partial charge < -0.3 is 34.5 Å². The van der Waals surface area contributed by atoms with Crippen molar-refractivity contribution in [3.63, 3.8) is 0 Å². The fourth-order valence-corrected chi connectivity index (χ4v) is 11.3. The van der Waals surface area contributed by atoms with Crippen LogP contribution >= 0.6 is 11.3 Å². The SMILES string of the molecule is CC(C)Oc1ccc(-c2cc(O[C@@H]3C[C@H]4C(=O)N[C@]5(C(=O)NS(=O)(=O)C6(C)CC6)CC5/C=C\CC[C@H](C)C[C@@H](C)[C@H](NC(=O)OC5(C(F)(F)F)CCCOC5)C(=O)N4C3)cc(-c3cncs3)n2)cc1. The van der Waals surface area contributed by atoms with E-state index in [-0.39, 0.29) is 44.4 Å². The Morgan fingerprint density at radius 1 is 1.04 bits per heavy atom. The molecule has 4 fully saturated rings. The van der Waals surface area contributed by atoms with Crippen LogP contribution in [0.3, 0.4) is 0 Å². The average molecular weight is 1000 g/mol. The van der Waals surface area contributed by atoms with Crippen LogP contribution in [0.25, 0.3) is 21.8 Å². The van der Waals surface area contributed by atoms with Crippen molar-refractivity contribution in [3.05, 3.63) is 60.3 Å². The number of halogens is 3. The Balaban J connectivity index is 1.14. The molecule has 1 aromatic carbocycles. The molecule has 0 bridgehead atoms. The first-order valence-electron chi connectivity index (χ1n) is 23.5. The predicted octanol–water partition coefficient (Wildman–Crippen LogP) is 7.10. The Hall–Kier alpha value is -5.28. The Morgan fingerprint density at radius 2 is 1.78 bits per heavy atom. The molecule has 374 valence electrons. The molecule has 3 N–H and O–H groups in total. The van der Waals surface area contributed by atoms with Crippen LogP contribution in [0.4, 0.5) is 18.0 Å². The van der Waals surface area contributed by atoms with Gasteiger partial charge in [-0.15, -0.1) is 11.3 Å². The second kappa shape index (κ2) is 19.5. The number of amides is 4. The van der Waals surface area contributed by atoms with Gasteiger partial charge in [0.1, 0.15) is 35.2 Å². The first-order valence-corrected chi connectivity index (χ1v) is 25.8. The van der Waals surface area contributed by atoms with Crippen molar-refractivity contribution in [2.24, 2.45) is 17.8 Å². The van der Waals surface area contributed by atoms with Crippen LogP contribution in [0.15, 0.2) is 60.3 Å². The number of pyridine rings is 1. The van der Waals surface area contributed by atoms with E-state index in [0.717, 1.165) is 10.4 Å². The van der Waals surface area contributed by atoms with Gasteiger partial charge in [-0.3, -0.25) is 24.1 Å². The lowest BCUT2D eigenvalue weighted by Gasteiger charge is -2.38. The second-order valence-corrected chi connectivity index (χ2v) is 22.8. The van der Waals surface area contributed by atoms with E-state index in [0.29, 0.717) is 55.0 Å². The number of fused-ring (bicyclic) bond motifs is 2. The number of rotatable bonds is 11. The number of hydrogen-bond acceptors (Lipinski definition) is 13. The lowest BCUT2D eigenvalue weighted by atomic mass is 9.88. The third-order valence-corrected chi connectivity index (χ3v) is 16.8. The number of nitrogens with zero attached hydrogens (tertiary/aromatic N) is 3. The van der Waals surface area contributed by atoms with Crippen molar-refractivity contribution in [3.8, 4) is 33.3 Å². The number of allylic oxidation sites excluding steroid dienone is 1. The summed E-state index contributed by atoms with van der Waals surface area (Å²) in [5, 5.41) is 5.31. The van der Waals surface area contributed by atoms with Crippen molar-refractivity contribution in [1.82, 2.24) is 30.2 Å². The third kappa shape index (κ3) is 10.9. The molecule has 0 spiro atoms. The Bertz CT molecular complexity index is 2530. The zero-order chi connectivity index (χ0) is 49.5. The minimum atomic E-state index is -4.98. The number of thiazole rings is 1. The van der Waals surface area contributed by atoms with E-state index in [9.17, 15) is 36.0 Å². The van der Waals surface area contributed by atoms with Crippen LogP contribution in [-0.4, -0.2) is 113 Å². The maximum atomic E-state index is 15.2. The summed E-state index contributed by atoms with van der Waals surface area (Å²) in [5.41, 5.74) is -1.14. The number of alkyl carbamates (subject to hydrolysis) is 1. The highest BCUT2D eigenvalue weighted by atomic mass is 32.2. The number of aromatic nitrogens is 2. The molecule has 21 heteroatoms. The van der Waals surface area contributed by atoms with Gasteiger partial charge in [0.05, 0.1) is 45.8 Å². The minimum Gasteiger partial charge on any atom is -0.491 e. The third-order valence-electron chi connectivity index (χ3n) is 13.8. The maximum absolute atomic E-state index is 15.2. The highest BCUT2D eigenvalue weighted by Crippen LogP contribution is 2.48. The zero-order valence-electron chi connectivity index (χ0n) is 39.2. The molecule has 8 atom stereocenters. The van der Waals surface area contributed by atoms with E-state index in [1.54, 1.807) is 43.8 Å². The van der Waals surface area contributed by atoms with E-state index < -0.39 is 99.0 Å². The maximum Gasteiger partial charge on any atom is 0.430 e. The first kappa shape index (κ1) is 50.1. The summed E-state index contributed by atoms with van der Waals surface area (Å²) in [6.45, 7) is 7.96. The van der Waals surface area contributed by atoms with Gasteiger partial charge in [-0.25, -0.2) is 18.2 Å². The Kier molecular flexibility index (Phi) is 14.2. The quantitative estimate of drug-likeness (QED) is 0.165. The van der Waals surface area contributed by atoms with E-state index >= 15 is 4.79 Å². The molecule has 4 amide bonds. The van der Waals surface area contributed by atoms with Gasteiger partial charge in [-0.1, -0.05) is 26.0 Å². The Morgan fingerprint density at radius 3 is 2.43 bits per heavy atom. The predicted molar refractivity (Wildman–Crippen MR) is 248 cm³/mol. The molecule has 2 unspecified atom stereocenters. The summed E-state index contributed by atoms with van der Waals surface area (Å²) in [6.07, 6.45) is -0.440. The van der Waals surface area contributed by atoms with Crippen molar-refractivity contribution in [1.29, 1.82) is 0 Å². The molecule has 3 aliphatic heterocycles. The van der Waals surface area contributed by atoms with E-state index in [2.05, 4.69) is 20.3 Å². The van der Waals surface area contributed by atoms with Crippen molar-refractivity contribution < 1.29 is 59.7 Å². The van der Waals surface area contributed by atoms with Crippen LogP contribution in [0.5, 0.6) is 11.5 Å². The number of alkyl halides is 3. The normalized spacial score (nSPS) is 29.8. The van der Waals surface area contributed by atoms with Crippen LogP contribution in [0.2, 0.25) is 0 Å². The summed E-state index contributed by atoms with van der Waals surface area (Å²) in [6, 6.07) is 7.96. The first-order chi connectivity index (χ1) is 32.6. The van der Waals surface area contributed by atoms with Crippen LogP contribution in [-0.2, 0) is 33.9 Å². The summed E-state index contributed by atoms with van der Waals surface area (Å²) >= 11 is 1.36. The number of benzene rings is 1. The fraction of sp³-hybridized carbons (Fsp3) is 0.583. The summed E-state index contributed by atoms with van der Waals surface area (Å²) in [5.74, 6) is -2.78. The van der Waals surface area contributed by atoms with Crippen molar-refractivity contribution in [2.45, 2.75) is 139 Å². The van der Waals surface area contributed by atoms with Gasteiger partial charge in [-0.2, -0.15) is 13.2 Å². The lowest BCUT2D eigenvalue weighted by molar-refractivity contribution is -0.285. The van der Waals surface area contributed by atoms with E-state index in [1.165, 1.54) is 16.2 Å². The van der Waals surface area contributed by atoms with Gasteiger partial charge in [0.15, 0.2) is 0 Å². The van der Waals surface area contributed by atoms with Gasteiger partial charge in [-0.05, 0) is 102 Å². The van der Waals surface area contributed by atoms with Crippen LogP contribution in [0, 0.1) is 17.8 Å².